The van der Waals surface area contributed by atoms with Gasteiger partial charge in [-0.2, -0.15) is 0 Å². The molecule has 1 fully saturated rings. The van der Waals surface area contributed by atoms with Gasteiger partial charge < -0.3 is 10.6 Å². The van der Waals surface area contributed by atoms with E-state index in [2.05, 4.69) is 21.8 Å². The van der Waals surface area contributed by atoms with E-state index in [0.717, 1.165) is 36.9 Å². The number of hydrogen-bond acceptors (Lipinski definition) is 4. The number of anilines is 1. The van der Waals surface area contributed by atoms with Gasteiger partial charge in [-0.1, -0.05) is 13.3 Å². The number of rotatable bonds is 4. The quantitative estimate of drug-likeness (QED) is 0.905. The Morgan fingerprint density at radius 3 is 2.68 bits per heavy atom. The van der Waals surface area contributed by atoms with Gasteiger partial charge in [-0.25, -0.2) is 9.97 Å². The van der Waals surface area contributed by atoms with Crippen molar-refractivity contribution in [1.29, 1.82) is 0 Å². The lowest BCUT2D eigenvalue weighted by atomic mass is 9.98. The maximum atomic E-state index is 5.79. The van der Waals surface area contributed by atoms with Gasteiger partial charge >= 0.3 is 0 Å². The molecule has 2 atom stereocenters. The molecule has 0 aliphatic carbocycles. The second-order valence-electron chi connectivity index (χ2n) is 5.76. The highest BCUT2D eigenvalue weighted by molar-refractivity contribution is 5.30. The van der Waals surface area contributed by atoms with Crippen molar-refractivity contribution in [1.82, 2.24) is 9.97 Å². The van der Waals surface area contributed by atoms with Crippen molar-refractivity contribution in [3.8, 4) is 0 Å². The maximum Gasteiger partial charge on any atom is 0.225 e. The Labute approximate surface area is 116 Å². The molecule has 106 valence electrons. The summed E-state index contributed by atoms with van der Waals surface area (Å²) >= 11 is 0. The van der Waals surface area contributed by atoms with Crippen LogP contribution >= 0.6 is 0 Å². The fourth-order valence-corrected chi connectivity index (χ4v) is 2.76. The Morgan fingerprint density at radius 1 is 1.32 bits per heavy atom. The molecule has 0 aromatic carbocycles. The first-order valence-electron chi connectivity index (χ1n) is 7.50. The standard InChI is InChI=1S/C15H26N4/c1-3-13-5-4-7-19(8-6-13)15-17-10-14(11-18-15)9-12(2)16/h10-13H,3-9,16H2,1-2H3. The number of nitrogens with zero attached hydrogens (tertiary/aromatic N) is 3. The van der Waals surface area contributed by atoms with E-state index < -0.39 is 0 Å². The van der Waals surface area contributed by atoms with Crippen LogP contribution in [0.1, 0.15) is 45.1 Å². The minimum absolute atomic E-state index is 0.165. The molecule has 1 aliphatic rings. The van der Waals surface area contributed by atoms with Gasteiger partial charge in [-0.3, -0.25) is 0 Å². The third-order valence-corrected chi connectivity index (χ3v) is 3.96. The van der Waals surface area contributed by atoms with Crippen LogP contribution in [0, 0.1) is 5.92 Å². The smallest absolute Gasteiger partial charge is 0.225 e. The summed E-state index contributed by atoms with van der Waals surface area (Å²) in [5, 5.41) is 0. The summed E-state index contributed by atoms with van der Waals surface area (Å²) in [4.78, 5) is 11.3. The molecule has 2 unspecified atom stereocenters. The van der Waals surface area contributed by atoms with Gasteiger partial charge in [-0.05, 0) is 44.1 Å². The molecule has 2 N–H and O–H groups in total. The second kappa shape index (κ2) is 6.85. The fraction of sp³-hybridized carbons (Fsp3) is 0.733. The minimum Gasteiger partial charge on any atom is -0.341 e. The summed E-state index contributed by atoms with van der Waals surface area (Å²) in [6.07, 6.45) is 9.85. The van der Waals surface area contributed by atoms with Crippen molar-refractivity contribution in [3.63, 3.8) is 0 Å². The summed E-state index contributed by atoms with van der Waals surface area (Å²) in [6, 6.07) is 0.165. The molecule has 1 aromatic rings. The highest BCUT2D eigenvalue weighted by atomic mass is 15.2. The van der Waals surface area contributed by atoms with Crippen LogP contribution in [0.5, 0.6) is 0 Å². The van der Waals surface area contributed by atoms with Gasteiger partial charge in [-0.15, -0.1) is 0 Å². The lowest BCUT2D eigenvalue weighted by Gasteiger charge is -2.20. The minimum atomic E-state index is 0.165. The summed E-state index contributed by atoms with van der Waals surface area (Å²) in [5.41, 5.74) is 6.92. The summed E-state index contributed by atoms with van der Waals surface area (Å²) in [6.45, 7) is 6.47. The predicted octanol–water partition coefficient (Wildman–Crippen LogP) is 2.38. The lowest BCUT2D eigenvalue weighted by Crippen LogP contribution is -2.26. The van der Waals surface area contributed by atoms with Gasteiger partial charge in [0, 0.05) is 31.5 Å². The first-order chi connectivity index (χ1) is 9.19. The SMILES string of the molecule is CCC1CCCN(c2ncc(CC(C)N)cn2)CC1. The highest BCUT2D eigenvalue weighted by Crippen LogP contribution is 2.22. The van der Waals surface area contributed by atoms with E-state index >= 15 is 0 Å². The van der Waals surface area contributed by atoms with E-state index in [1.807, 2.05) is 19.3 Å². The molecule has 4 heteroatoms. The first kappa shape index (κ1) is 14.3. The monoisotopic (exact) mass is 262 g/mol. The van der Waals surface area contributed by atoms with E-state index in [4.69, 9.17) is 5.73 Å². The van der Waals surface area contributed by atoms with Crippen molar-refractivity contribution in [2.75, 3.05) is 18.0 Å². The van der Waals surface area contributed by atoms with Crippen molar-refractivity contribution in [2.45, 2.75) is 52.0 Å². The molecule has 1 aliphatic heterocycles. The van der Waals surface area contributed by atoms with Crippen molar-refractivity contribution >= 4 is 5.95 Å². The van der Waals surface area contributed by atoms with E-state index in [-0.39, 0.29) is 6.04 Å². The Bertz CT molecular complexity index is 374. The van der Waals surface area contributed by atoms with Crippen LogP contribution in [0.4, 0.5) is 5.95 Å². The molecule has 1 saturated heterocycles. The third-order valence-electron chi connectivity index (χ3n) is 3.96. The summed E-state index contributed by atoms with van der Waals surface area (Å²) in [5.74, 6) is 1.76. The molecule has 0 bridgehead atoms. The van der Waals surface area contributed by atoms with Crippen LogP contribution in [0.15, 0.2) is 12.4 Å². The lowest BCUT2D eigenvalue weighted by molar-refractivity contribution is 0.459. The number of hydrogen-bond donors (Lipinski definition) is 1. The van der Waals surface area contributed by atoms with Crippen LogP contribution in [-0.4, -0.2) is 29.1 Å². The Morgan fingerprint density at radius 2 is 2.05 bits per heavy atom. The fourth-order valence-electron chi connectivity index (χ4n) is 2.76. The van der Waals surface area contributed by atoms with Crippen molar-refractivity contribution < 1.29 is 0 Å². The molecule has 1 aromatic heterocycles. The zero-order valence-corrected chi connectivity index (χ0v) is 12.2. The number of nitrogens with two attached hydrogens (primary N) is 1. The van der Waals surface area contributed by atoms with Crippen LogP contribution in [0.25, 0.3) is 0 Å². The summed E-state index contributed by atoms with van der Waals surface area (Å²) in [7, 11) is 0. The molecule has 0 saturated carbocycles. The molecule has 2 rings (SSSR count). The zero-order valence-electron chi connectivity index (χ0n) is 12.2. The molecule has 0 radical (unpaired) electrons. The number of aromatic nitrogens is 2. The highest BCUT2D eigenvalue weighted by Gasteiger charge is 2.17. The Kier molecular flexibility index (Phi) is 5.14. The molecular weight excluding hydrogens is 236 g/mol. The Hall–Kier alpha value is -1.16. The van der Waals surface area contributed by atoms with Crippen LogP contribution < -0.4 is 10.6 Å². The largest absolute Gasteiger partial charge is 0.341 e. The van der Waals surface area contributed by atoms with Gasteiger partial charge in [0.25, 0.3) is 0 Å². The van der Waals surface area contributed by atoms with Crippen LogP contribution in [-0.2, 0) is 6.42 Å². The van der Waals surface area contributed by atoms with Crippen LogP contribution in [0.3, 0.4) is 0 Å². The van der Waals surface area contributed by atoms with Crippen molar-refractivity contribution in [3.05, 3.63) is 18.0 Å². The van der Waals surface area contributed by atoms with Crippen LogP contribution in [0.2, 0.25) is 0 Å². The molecule has 2 heterocycles. The van der Waals surface area contributed by atoms with E-state index in [0.29, 0.717) is 0 Å². The normalized spacial score (nSPS) is 22.1. The predicted molar refractivity (Wildman–Crippen MR) is 79.2 cm³/mol. The summed E-state index contributed by atoms with van der Waals surface area (Å²) < 4.78 is 0. The Balaban J connectivity index is 1.97. The molecule has 0 spiro atoms. The molecule has 0 amide bonds. The topological polar surface area (TPSA) is 55.0 Å². The van der Waals surface area contributed by atoms with E-state index in [1.54, 1.807) is 0 Å². The van der Waals surface area contributed by atoms with Crippen molar-refractivity contribution in [2.24, 2.45) is 11.7 Å². The van der Waals surface area contributed by atoms with Gasteiger partial charge in [0.2, 0.25) is 5.95 Å². The molecule has 19 heavy (non-hydrogen) atoms. The van der Waals surface area contributed by atoms with E-state index in [1.165, 1.54) is 25.7 Å². The zero-order chi connectivity index (χ0) is 13.7. The van der Waals surface area contributed by atoms with Gasteiger partial charge in [0.05, 0.1) is 0 Å². The van der Waals surface area contributed by atoms with Gasteiger partial charge in [0.1, 0.15) is 0 Å². The molecular formula is C15H26N4. The van der Waals surface area contributed by atoms with E-state index in [9.17, 15) is 0 Å². The van der Waals surface area contributed by atoms with Gasteiger partial charge in [0.15, 0.2) is 0 Å². The molecule has 4 nitrogen and oxygen atoms in total. The average molecular weight is 262 g/mol. The maximum absolute atomic E-state index is 5.79. The third kappa shape index (κ3) is 4.16. The first-order valence-corrected chi connectivity index (χ1v) is 7.50. The second-order valence-corrected chi connectivity index (χ2v) is 5.76. The average Bonchev–Trinajstić information content (AvgIpc) is 2.64.